The minimum Gasteiger partial charge on any atom is -0.462 e. The van der Waals surface area contributed by atoms with Gasteiger partial charge in [-0.05, 0) is 73.6 Å². The van der Waals surface area contributed by atoms with Gasteiger partial charge in [0.05, 0.1) is 17.4 Å². The van der Waals surface area contributed by atoms with Crippen molar-refractivity contribution in [2.24, 2.45) is 10.1 Å². The number of carbonyl (C=O) groups is 1. The van der Waals surface area contributed by atoms with Gasteiger partial charge in [-0.2, -0.15) is 28.3 Å². The van der Waals surface area contributed by atoms with E-state index in [1.54, 1.807) is 42.7 Å². The largest absolute Gasteiger partial charge is 0.462 e. The summed E-state index contributed by atoms with van der Waals surface area (Å²) >= 11 is 1.13. The molecular formula is C23H16F3N5O2S. The molecule has 1 N–H and O–H groups in total. The lowest BCUT2D eigenvalue weighted by Crippen LogP contribution is -2.35. The summed E-state index contributed by atoms with van der Waals surface area (Å²) < 4.78 is 46.6. The van der Waals surface area contributed by atoms with E-state index >= 15 is 0 Å². The highest BCUT2D eigenvalue weighted by Crippen LogP contribution is 2.33. The first-order valence-corrected chi connectivity index (χ1v) is 10.9. The van der Waals surface area contributed by atoms with Crippen LogP contribution in [0.2, 0.25) is 0 Å². The summed E-state index contributed by atoms with van der Waals surface area (Å²) in [6.45, 7) is 3.50. The van der Waals surface area contributed by atoms with Crippen LogP contribution in [0.5, 0.6) is 0 Å². The number of nitrogens with zero attached hydrogens (tertiary/aromatic N) is 4. The number of rotatable bonds is 3. The van der Waals surface area contributed by atoms with Crippen LogP contribution < -0.4 is 0 Å². The van der Waals surface area contributed by atoms with Gasteiger partial charge in [-0.25, -0.2) is 0 Å². The molecule has 34 heavy (non-hydrogen) atoms. The highest BCUT2D eigenvalue weighted by Gasteiger charge is 2.37. The predicted molar refractivity (Wildman–Crippen MR) is 123 cm³/mol. The van der Waals surface area contributed by atoms with Gasteiger partial charge in [0.25, 0.3) is 5.91 Å². The maximum atomic E-state index is 13.2. The van der Waals surface area contributed by atoms with Crippen molar-refractivity contribution < 1.29 is 22.4 Å². The van der Waals surface area contributed by atoms with Crippen molar-refractivity contribution >= 4 is 39.8 Å². The standard InChI is InChI=1S/C23H16F3N5O2S/c1-12-9-14(13(2)30(12)16-6-3-5-15(11-16)23(24,25)26)10-17-19(27)31-22(28-20(17)32)34-21(29-31)18-7-4-8-33-18/h3-11,27H,1-2H3/b17-10+,27-19?. The molecule has 1 amide bonds. The fraction of sp³-hybridized carbons (Fsp3) is 0.130. The molecule has 0 unspecified atom stereocenters. The number of furan rings is 1. The maximum Gasteiger partial charge on any atom is 0.416 e. The zero-order valence-corrected chi connectivity index (χ0v) is 18.7. The van der Waals surface area contributed by atoms with Crippen LogP contribution in [0.25, 0.3) is 11.8 Å². The quantitative estimate of drug-likeness (QED) is 0.507. The zero-order chi connectivity index (χ0) is 24.2. The molecule has 0 saturated carbocycles. The van der Waals surface area contributed by atoms with Gasteiger partial charge in [-0.1, -0.05) is 6.07 Å². The lowest BCUT2D eigenvalue weighted by molar-refractivity contribution is -0.137. The van der Waals surface area contributed by atoms with Crippen LogP contribution in [0.1, 0.15) is 28.3 Å². The van der Waals surface area contributed by atoms with Crippen molar-refractivity contribution in [2.75, 3.05) is 0 Å². The van der Waals surface area contributed by atoms with Crippen LogP contribution >= 0.6 is 11.8 Å². The second kappa shape index (κ2) is 7.87. The van der Waals surface area contributed by atoms with Crippen molar-refractivity contribution in [3.8, 4) is 5.69 Å². The number of hydrogen-bond acceptors (Lipinski definition) is 5. The summed E-state index contributed by atoms with van der Waals surface area (Å²) in [5, 5.41) is 14.9. The van der Waals surface area contributed by atoms with E-state index in [1.165, 1.54) is 23.4 Å². The van der Waals surface area contributed by atoms with E-state index in [2.05, 4.69) is 10.1 Å². The molecule has 0 spiro atoms. The van der Waals surface area contributed by atoms with Gasteiger partial charge in [0.1, 0.15) is 0 Å². The number of aryl methyl sites for hydroxylation is 1. The maximum absolute atomic E-state index is 13.2. The molecule has 5 rings (SSSR count). The Balaban J connectivity index is 1.52. The van der Waals surface area contributed by atoms with Gasteiger partial charge in [-0.15, -0.1) is 0 Å². The predicted octanol–water partition coefficient (Wildman–Crippen LogP) is 5.37. The molecule has 0 atom stereocenters. The third kappa shape index (κ3) is 3.67. The Labute approximate surface area is 195 Å². The number of fused-ring (bicyclic) bond motifs is 1. The molecule has 172 valence electrons. The lowest BCUT2D eigenvalue weighted by atomic mass is 10.1. The van der Waals surface area contributed by atoms with Crippen LogP contribution in [0.15, 0.2) is 68.8 Å². The summed E-state index contributed by atoms with van der Waals surface area (Å²) in [5.74, 6) is -0.242. The molecule has 2 aliphatic rings. The summed E-state index contributed by atoms with van der Waals surface area (Å²) in [4.78, 5) is 16.8. The fourth-order valence-corrected chi connectivity index (χ4v) is 4.66. The van der Waals surface area contributed by atoms with Gasteiger partial charge >= 0.3 is 6.18 Å². The summed E-state index contributed by atoms with van der Waals surface area (Å²) in [7, 11) is 0. The normalized spacial score (nSPS) is 17.3. The number of nitrogens with one attached hydrogen (secondary N) is 1. The molecule has 4 heterocycles. The molecule has 3 aromatic rings. The number of amidine groups is 2. The van der Waals surface area contributed by atoms with E-state index < -0.39 is 17.6 Å². The first-order valence-electron chi connectivity index (χ1n) is 10.0. The Kier molecular flexibility index (Phi) is 5.08. The first kappa shape index (κ1) is 22.0. The number of aromatic nitrogens is 1. The fourth-order valence-electron chi connectivity index (χ4n) is 3.80. The van der Waals surface area contributed by atoms with Gasteiger partial charge in [0.2, 0.25) is 5.17 Å². The van der Waals surface area contributed by atoms with E-state index in [9.17, 15) is 18.0 Å². The highest BCUT2D eigenvalue weighted by atomic mass is 32.2. The van der Waals surface area contributed by atoms with E-state index in [0.717, 1.165) is 23.9 Å². The minimum absolute atomic E-state index is 0.0260. The van der Waals surface area contributed by atoms with E-state index in [4.69, 9.17) is 9.83 Å². The Morgan fingerprint density at radius 2 is 1.94 bits per heavy atom. The van der Waals surface area contributed by atoms with E-state index in [1.807, 2.05) is 0 Å². The molecule has 0 radical (unpaired) electrons. The number of alkyl halides is 3. The van der Waals surface area contributed by atoms with Gasteiger partial charge in [-0.3, -0.25) is 10.2 Å². The van der Waals surface area contributed by atoms with Crippen molar-refractivity contribution in [1.82, 2.24) is 9.58 Å². The summed E-state index contributed by atoms with van der Waals surface area (Å²) in [5.41, 5.74) is 1.51. The first-order chi connectivity index (χ1) is 16.1. The van der Waals surface area contributed by atoms with Crippen molar-refractivity contribution in [3.05, 3.63) is 82.6 Å². The topological polar surface area (TPSA) is 87.0 Å². The molecule has 7 nitrogen and oxygen atoms in total. The molecule has 0 fully saturated rings. The summed E-state index contributed by atoms with van der Waals surface area (Å²) in [6.07, 6.45) is -1.44. The zero-order valence-electron chi connectivity index (χ0n) is 17.8. The van der Waals surface area contributed by atoms with Crippen LogP contribution in [-0.4, -0.2) is 31.5 Å². The second-order valence-electron chi connectivity index (χ2n) is 7.61. The number of carbonyl (C=O) groups excluding carboxylic acids is 1. The lowest BCUT2D eigenvalue weighted by Gasteiger charge is -2.20. The Morgan fingerprint density at radius 3 is 2.65 bits per heavy atom. The van der Waals surface area contributed by atoms with Crippen molar-refractivity contribution in [2.45, 2.75) is 20.0 Å². The highest BCUT2D eigenvalue weighted by molar-refractivity contribution is 8.27. The Bertz CT molecular complexity index is 1430. The summed E-state index contributed by atoms with van der Waals surface area (Å²) in [6, 6.07) is 10.2. The average molecular weight is 483 g/mol. The number of halogens is 3. The molecule has 0 bridgehead atoms. The van der Waals surface area contributed by atoms with Crippen LogP contribution in [0.4, 0.5) is 13.2 Å². The van der Waals surface area contributed by atoms with Gasteiger partial charge in [0, 0.05) is 17.1 Å². The van der Waals surface area contributed by atoms with Crippen molar-refractivity contribution in [3.63, 3.8) is 0 Å². The Morgan fingerprint density at radius 1 is 1.15 bits per heavy atom. The number of hydrazone groups is 1. The molecule has 1 aromatic carbocycles. The van der Waals surface area contributed by atoms with E-state index in [-0.39, 0.29) is 16.6 Å². The van der Waals surface area contributed by atoms with E-state index in [0.29, 0.717) is 33.4 Å². The molecule has 0 aliphatic carbocycles. The van der Waals surface area contributed by atoms with Gasteiger partial charge in [0.15, 0.2) is 16.6 Å². The smallest absolute Gasteiger partial charge is 0.416 e. The molecule has 2 aromatic heterocycles. The van der Waals surface area contributed by atoms with Crippen molar-refractivity contribution in [1.29, 1.82) is 5.41 Å². The monoisotopic (exact) mass is 483 g/mol. The van der Waals surface area contributed by atoms with Crippen LogP contribution in [0, 0.1) is 19.3 Å². The minimum atomic E-state index is -4.46. The molecular weight excluding hydrogens is 467 g/mol. The molecule has 0 saturated heterocycles. The molecule has 2 aliphatic heterocycles. The molecule has 11 heteroatoms. The second-order valence-corrected chi connectivity index (χ2v) is 8.57. The van der Waals surface area contributed by atoms with Gasteiger partial charge < -0.3 is 8.98 Å². The third-order valence-electron chi connectivity index (χ3n) is 5.39. The van der Waals surface area contributed by atoms with Crippen LogP contribution in [0.3, 0.4) is 0 Å². The van der Waals surface area contributed by atoms with Crippen LogP contribution in [-0.2, 0) is 11.0 Å². The number of amides is 1. The average Bonchev–Trinajstić information content (AvgIpc) is 3.50. The number of thioether (sulfide) groups is 1. The number of hydrogen-bond donors (Lipinski definition) is 1. The Hall–Kier alpha value is -3.86. The number of aliphatic imine (C=N–C) groups is 1. The number of benzene rings is 1. The SMILES string of the molecule is Cc1cc(/C=C2\C(=N)N3N=C(c4ccco4)SC3=NC2=O)c(C)n1-c1cccc(C(F)(F)F)c1. The third-order valence-corrected chi connectivity index (χ3v) is 6.31.